The van der Waals surface area contributed by atoms with E-state index in [1.807, 2.05) is 6.92 Å². The Hall–Kier alpha value is -1.40. The highest BCUT2D eigenvalue weighted by molar-refractivity contribution is 5.48. The Labute approximate surface area is 117 Å². The Morgan fingerprint density at radius 2 is 2.00 bits per heavy atom. The summed E-state index contributed by atoms with van der Waals surface area (Å²) in [5.74, 6) is 0.148. The van der Waals surface area contributed by atoms with E-state index in [1.165, 1.54) is 12.1 Å². The Bertz CT molecular complexity index is 413. The van der Waals surface area contributed by atoms with Gasteiger partial charge in [-0.1, -0.05) is 0 Å². The quantitative estimate of drug-likeness (QED) is 0.837. The third-order valence-corrected chi connectivity index (χ3v) is 3.33. The second-order valence-electron chi connectivity index (χ2n) is 4.58. The van der Waals surface area contributed by atoms with Crippen LogP contribution in [0.4, 0.5) is 14.5 Å². The number of nitrogens with one attached hydrogen (secondary N) is 1. The number of hydrogen-bond donors (Lipinski definition) is 1. The van der Waals surface area contributed by atoms with Crippen LogP contribution in [0.3, 0.4) is 0 Å². The molecule has 6 heteroatoms. The van der Waals surface area contributed by atoms with E-state index in [0.717, 1.165) is 12.1 Å². The highest BCUT2D eigenvalue weighted by atomic mass is 19.3. The number of rotatable bonds is 7. The number of halogens is 2. The van der Waals surface area contributed by atoms with Gasteiger partial charge in [-0.15, -0.1) is 0 Å². The molecule has 112 valence electrons. The first-order chi connectivity index (χ1) is 9.63. The van der Waals surface area contributed by atoms with Crippen LogP contribution in [-0.4, -0.2) is 38.6 Å². The first-order valence-electron chi connectivity index (χ1n) is 6.59. The van der Waals surface area contributed by atoms with Gasteiger partial charge in [-0.05, 0) is 37.6 Å². The van der Waals surface area contributed by atoms with Gasteiger partial charge in [-0.3, -0.25) is 0 Å². The molecule has 1 fully saturated rings. The molecule has 20 heavy (non-hydrogen) atoms. The van der Waals surface area contributed by atoms with Crippen LogP contribution in [0.15, 0.2) is 24.3 Å². The van der Waals surface area contributed by atoms with Gasteiger partial charge in [-0.25, -0.2) is 0 Å². The smallest absolute Gasteiger partial charge is 0.387 e. The number of benzene rings is 1. The van der Waals surface area contributed by atoms with Crippen molar-refractivity contribution in [1.82, 2.24) is 0 Å². The van der Waals surface area contributed by atoms with Crippen molar-refractivity contribution in [2.45, 2.75) is 38.2 Å². The molecule has 0 aromatic heterocycles. The van der Waals surface area contributed by atoms with Crippen LogP contribution >= 0.6 is 0 Å². The zero-order valence-corrected chi connectivity index (χ0v) is 11.5. The minimum atomic E-state index is -2.80. The van der Waals surface area contributed by atoms with E-state index in [2.05, 4.69) is 10.1 Å². The van der Waals surface area contributed by atoms with Crippen LogP contribution in [0, 0.1) is 0 Å². The third-order valence-electron chi connectivity index (χ3n) is 3.33. The molecule has 0 heterocycles. The van der Waals surface area contributed by atoms with Gasteiger partial charge in [0.25, 0.3) is 0 Å². The van der Waals surface area contributed by atoms with Gasteiger partial charge in [0.05, 0.1) is 12.1 Å². The van der Waals surface area contributed by atoms with E-state index < -0.39 is 6.61 Å². The van der Waals surface area contributed by atoms with Crippen molar-refractivity contribution in [2.75, 3.05) is 19.0 Å². The van der Waals surface area contributed by atoms with Gasteiger partial charge < -0.3 is 19.5 Å². The molecule has 1 aromatic carbocycles. The van der Waals surface area contributed by atoms with Crippen molar-refractivity contribution in [3.8, 4) is 5.75 Å². The van der Waals surface area contributed by atoms with E-state index in [1.54, 1.807) is 19.2 Å². The lowest BCUT2D eigenvalue weighted by atomic mass is 9.85. The van der Waals surface area contributed by atoms with E-state index in [4.69, 9.17) is 9.47 Å². The summed E-state index contributed by atoms with van der Waals surface area (Å²) in [5.41, 5.74) is 0.841. The first-order valence-corrected chi connectivity index (χ1v) is 6.59. The summed E-state index contributed by atoms with van der Waals surface area (Å²) in [6.07, 6.45) is 0.984. The molecule has 1 saturated carbocycles. The van der Waals surface area contributed by atoms with Gasteiger partial charge in [0.1, 0.15) is 11.9 Å². The fraction of sp³-hybridized carbons (Fsp3) is 0.571. The van der Waals surface area contributed by atoms with Crippen molar-refractivity contribution in [2.24, 2.45) is 0 Å². The van der Waals surface area contributed by atoms with Gasteiger partial charge in [-0.2, -0.15) is 8.78 Å². The summed E-state index contributed by atoms with van der Waals surface area (Å²) in [5, 5.41) is 3.30. The number of hydrogen-bond acceptors (Lipinski definition) is 4. The van der Waals surface area contributed by atoms with Gasteiger partial charge in [0, 0.05) is 19.4 Å². The lowest BCUT2D eigenvalue weighted by Crippen LogP contribution is -2.56. The molecule has 3 atom stereocenters. The predicted molar refractivity (Wildman–Crippen MR) is 71.3 cm³/mol. The van der Waals surface area contributed by atoms with Crippen molar-refractivity contribution in [3.63, 3.8) is 0 Å². The van der Waals surface area contributed by atoms with E-state index in [-0.39, 0.29) is 24.0 Å². The van der Waals surface area contributed by atoms with Crippen molar-refractivity contribution < 1.29 is 23.0 Å². The van der Waals surface area contributed by atoms with Gasteiger partial charge in [0.15, 0.2) is 0 Å². The van der Waals surface area contributed by atoms with Crippen molar-refractivity contribution in [1.29, 1.82) is 0 Å². The highest BCUT2D eigenvalue weighted by Crippen LogP contribution is 2.30. The molecule has 1 aromatic rings. The molecule has 3 unspecified atom stereocenters. The predicted octanol–water partition coefficient (Wildman–Crippen LogP) is 2.89. The van der Waals surface area contributed by atoms with E-state index >= 15 is 0 Å². The first kappa shape index (κ1) is 15.0. The maximum atomic E-state index is 12.0. The molecular weight excluding hydrogens is 268 g/mol. The third kappa shape index (κ3) is 3.58. The topological polar surface area (TPSA) is 39.7 Å². The summed E-state index contributed by atoms with van der Waals surface area (Å²) < 4.78 is 39.3. The maximum absolute atomic E-state index is 12.0. The average molecular weight is 287 g/mol. The summed E-state index contributed by atoms with van der Waals surface area (Å²) in [4.78, 5) is 0. The Morgan fingerprint density at radius 3 is 2.55 bits per heavy atom. The van der Waals surface area contributed by atoms with Gasteiger partial charge in [0.2, 0.25) is 0 Å². The van der Waals surface area contributed by atoms with E-state index in [9.17, 15) is 8.78 Å². The van der Waals surface area contributed by atoms with Crippen LogP contribution in [-0.2, 0) is 9.47 Å². The monoisotopic (exact) mass is 287 g/mol. The van der Waals surface area contributed by atoms with Crippen LogP contribution < -0.4 is 10.1 Å². The zero-order chi connectivity index (χ0) is 14.5. The summed E-state index contributed by atoms with van der Waals surface area (Å²) in [7, 11) is 1.66. The summed E-state index contributed by atoms with van der Waals surface area (Å²) >= 11 is 0. The second-order valence-corrected chi connectivity index (χ2v) is 4.58. The molecule has 0 radical (unpaired) electrons. The Kier molecular flexibility index (Phi) is 5.14. The van der Waals surface area contributed by atoms with Crippen LogP contribution in [0.1, 0.15) is 13.3 Å². The minimum Gasteiger partial charge on any atom is -0.435 e. The van der Waals surface area contributed by atoms with Crippen molar-refractivity contribution >= 4 is 5.69 Å². The molecule has 0 spiro atoms. The molecule has 4 nitrogen and oxygen atoms in total. The fourth-order valence-corrected chi connectivity index (χ4v) is 2.36. The molecule has 1 aliphatic rings. The molecule has 1 aliphatic carbocycles. The second kappa shape index (κ2) is 6.85. The number of anilines is 1. The van der Waals surface area contributed by atoms with Crippen LogP contribution in [0.5, 0.6) is 5.75 Å². The Balaban J connectivity index is 1.87. The standard InChI is InChI=1S/C14H19F2NO3/c1-3-19-12-8-11(13(12)18-2)17-9-4-6-10(7-5-9)20-14(15)16/h4-7,11-14,17H,3,8H2,1-2H3. The zero-order valence-electron chi connectivity index (χ0n) is 11.5. The maximum Gasteiger partial charge on any atom is 0.387 e. The Morgan fingerprint density at radius 1 is 1.30 bits per heavy atom. The molecule has 2 rings (SSSR count). The largest absolute Gasteiger partial charge is 0.435 e. The van der Waals surface area contributed by atoms with Crippen LogP contribution in [0.2, 0.25) is 0 Å². The number of methoxy groups -OCH3 is 1. The minimum absolute atomic E-state index is 0.00643. The van der Waals surface area contributed by atoms with E-state index in [0.29, 0.717) is 6.61 Å². The normalized spacial score (nSPS) is 25.4. The summed E-state index contributed by atoms with van der Waals surface area (Å²) in [6.45, 7) is -0.183. The SMILES string of the molecule is CCOC1CC(Nc2ccc(OC(F)F)cc2)C1OC. The molecule has 0 saturated heterocycles. The number of ether oxygens (including phenoxy) is 3. The molecule has 1 N–H and O–H groups in total. The fourth-order valence-electron chi connectivity index (χ4n) is 2.36. The van der Waals surface area contributed by atoms with Crippen molar-refractivity contribution in [3.05, 3.63) is 24.3 Å². The average Bonchev–Trinajstić information content (AvgIpc) is 2.39. The van der Waals surface area contributed by atoms with Crippen LogP contribution in [0.25, 0.3) is 0 Å². The molecular formula is C14H19F2NO3. The number of alkyl halides is 2. The highest BCUT2D eigenvalue weighted by Gasteiger charge is 2.42. The summed E-state index contributed by atoms with van der Waals surface area (Å²) in [6, 6.07) is 6.60. The molecule has 0 bridgehead atoms. The lowest BCUT2D eigenvalue weighted by Gasteiger charge is -2.43. The van der Waals surface area contributed by atoms with Gasteiger partial charge >= 0.3 is 6.61 Å². The molecule has 0 amide bonds. The lowest BCUT2D eigenvalue weighted by molar-refractivity contribution is -0.118. The molecule has 0 aliphatic heterocycles.